The minimum atomic E-state index is -4.71. The number of aliphatic hydroxyl groups excluding tert-OH is 4. The van der Waals surface area contributed by atoms with Crippen molar-refractivity contribution in [3.8, 4) is 0 Å². The smallest absolute Gasteiger partial charge is 0.396 e. The Kier molecular flexibility index (Phi) is 6.49. The third kappa shape index (κ3) is 6.93. The van der Waals surface area contributed by atoms with Crippen LogP contribution in [0.4, 0.5) is 0 Å². The highest BCUT2D eigenvalue weighted by atomic mass is 31.2. The summed E-state index contributed by atoms with van der Waals surface area (Å²) in [6.07, 6.45) is -4.82. The fourth-order valence-corrected chi connectivity index (χ4v) is 1.18. The molecule has 3 unspecified atom stereocenters. The second-order valence-electron chi connectivity index (χ2n) is 2.92. The Labute approximate surface area is 86.0 Å². The number of phosphoric acid groups is 1. The Morgan fingerprint density at radius 3 is 2.07 bits per heavy atom. The van der Waals surface area contributed by atoms with Crippen molar-refractivity contribution in [3.05, 3.63) is 0 Å². The van der Waals surface area contributed by atoms with Crippen molar-refractivity contribution in [2.45, 2.75) is 24.7 Å². The fraction of sp³-hybridized carbons (Fsp3) is 1.00. The maximum absolute atomic E-state index is 10.2. The summed E-state index contributed by atoms with van der Waals surface area (Å²) in [6.45, 7) is -1.20. The van der Waals surface area contributed by atoms with Crippen LogP contribution in [0.25, 0.3) is 0 Å². The van der Waals surface area contributed by atoms with Gasteiger partial charge in [-0.25, -0.2) is 4.57 Å². The van der Waals surface area contributed by atoms with E-state index in [9.17, 15) is 9.67 Å². The van der Waals surface area contributed by atoms with Crippen molar-refractivity contribution in [1.82, 2.24) is 0 Å². The van der Waals surface area contributed by atoms with Gasteiger partial charge in [-0.15, -0.1) is 0 Å². The van der Waals surface area contributed by atoms with Gasteiger partial charge in [-0.3, -0.25) is 4.52 Å². The van der Waals surface area contributed by atoms with Crippen LogP contribution in [0.2, 0.25) is 0 Å². The van der Waals surface area contributed by atoms with Crippen molar-refractivity contribution in [1.29, 1.82) is 0 Å². The molecule has 0 fully saturated rings. The molecule has 0 aliphatic rings. The number of hydrogen-bond acceptors (Lipinski definition) is 6. The van der Waals surface area contributed by atoms with Crippen LogP contribution in [0.1, 0.15) is 6.42 Å². The van der Waals surface area contributed by atoms with E-state index < -0.39 is 32.7 Å². The van der Waals surface area contributed by atoms with Gasteiger partial charge >= 0.3 is 7.82 Å². The summed E-state index contributed by atoms with van der Waals surface area (Å²) in [5.74, 6) is 0. The van der Waals surface area contributed by atoms with E-state index >= 15 is 0 Å². The average Bonchev–Trinajstić information content (AvgIpc) is 2.12. The van der Waals surface area contributed by atoms with E-state index in [2.05, 4.69) is 4.52 Å². The molecule has 0 amide bonds. The van der Waals surface area contributed by atoms with E-state index in [1.165, 1.54) is 0 Å². The highest BCUT2D eigenvalue weighted by Crippen LogP contribution is 2.35. The number of aliphatic hydroxyl groups is 4. The predicted molar refractivity (Wildman–Crippen MR) is 47.7 cm³/mol. The summed E-state index contributed by atoms with van der Waals surface area (Å²) in [5, 5.41) is 35.8. The van der Waals surface area contributed by atoms with Crippen molar-refractivity contribution in [2.24, 2.45) is 0 Å². The van der Waals surface area contributed by atoms with Crippen LogP contribution in [-0.4, -0.2) is 61.7 Å². The molecule has 0 aliphatic carbocycles. The summed E-state index contributed by atoms with van der Waals surface area (Å²) in [6, 6.07) is 0. The standard InChI is InChI=1S/C6H15O8P/c7-2-1-4(8)6(10)5(9)3-14-15(11,12)13/h4-10H,1-3H2,(H2,11,12,13). The van der Waals surface area contributed by atoms with Crippen LogP contribution in [0, 0.1) is 0 Å². The Morgan fingerprint density at radius 2 is 1.67 bits per heavy atom. The molecular weight excluding hydrogens is 231 g/mol. The first-order chi connectivity index (χ1) is 6.78. The van der Waals surface area contributed by atoms with Gasteiger partial charge in [-0.2, -0.15) is 0 Å². The number of phosphoric ester groups is 1. The molecular formula is C6H15O8P. The number of rotatable bonds is 7. The van der Waals surface area contributed by atoms with Gasteiger partial charge in [0.15, 0.2) is 0 Å². The Hall–Kier alpha value is -0.0500. The van der Waals surface area contributed by atoms with Gasteiger partial charge in [0, 0.05) is 6.61 Å². The maximum Gasteiger partial charge on any atom is 0.469 e. The van der Waals surface area contributed by atoms with Gasteiger partial charge in [0.1, 0.15) is 12.2 Å². The third-order valence-corrected chi connectivity index (χ3v) is 2.11. The molecule has 0 saturated heterocycles. The van der Waals surface area contributed by atoms with E-state index in [0.717, 1.165) is 0 Å². The second kappa shape index (κ2) is 6.51. The summed E-state index contributed by atoms with van der Waals surface area (Å²) in [4.78, 5) is 16.6. The summed E-state index contributed by atoms with van der Waals surface area (Å²) in [7, 11) is -4.71. The maximum atomic E-state index is 10.2. The fourth-order valence-electron chi connectivity index (χ4n) is 0.832. The monoisotopic (exact) mass is 246 g/mol. The van der Waals surface area contributed by atoms with Crippen LogP contribution in [0.3, 0.4) is 0 Å². The molecule has 0 rings (SSSR count). The quantitative estimate of drug-likeness (QED) is 0.271. The average molecular weight is 246 g/mol. The van der Waals surface area contributed by atoms with Crippen LogP contribution in [0.15, 0.2) is 0 Å². The highest BCUT2D eigenvalue weighted by Gasteiger charge is 2.27. The van der Waals surface area contributed by atoms with Gasteiger partial charge in [0.25, 0.3) is 0 Å². The zero-order valence-corrected chi connectivity index (χ0v) is 8.69. The van der Waals surface area contributed by atoms with Gasteiger partial charge in [-0.05, 0) is 6.42 Å². The summed E-state index contributed by atoms with van der Waals surface area (Å²) in [5.41, 5.74) is 0. The van der Waals surface area contributed by atoms with Gasteiger partial charge < -0.3 is 30.2 Å². The Balaban J connectivity index is 3.98. The lowest BCUT2D eigenvalue weighted by Crippen LogP contribution is -2.40. The number of hydrogen-bond donors (Lipinski definition) is 6. The van der Waals surface area contributed by atoms with Gasteiger partial charge in [0.2, 0.25) is 0 Å². The predicted octanol–water partition coefficient (Wildman–Crippen LogP) is -2.44. The minimum absolute atomic E-state index is 0.159. The zero-order chi connectivity index (χ0) is 12.1. The first-order valence-corrected chi connectivity index (χ1v) is 5.66. The Bertz CT molecular complexity index is 215. The first kappa shape index (κ1) is 14.9. The summed E-state index contributed by atoms with van der Waals surface area (Å²) >= 11 is 0. The van der Waals surface area contributed by atoms with Crippen molar-refractivity contribution in [3.63, 3.8) is 0 Å². The minimum Gasteiger partial charge on any atom is -0.396 e. The molecule has 0 aromatic carbocycles. The van der Waals surface area contributed by atoms with E-state index in [1.807, 2.05) is 0 Å². The van der Waals surface area contributed by atoms with E-state index in [4.69, 9.17) is 25.1 Å². The molecule has 0 saturated carbocycles. The lowest BCUT2D eigenvalue weighted by atomic mass is 10.1. The third-order valence-electron chi connectivity index (χ3n) is 1.63. The molecule has 0 spiro atoms. The SMILES string of the molecule is O=P(O)(O)OCC(O)C(O)C(O)CCO. The zero-order valence-electron chi connectivity index (χ0n) is 7.80. The Morgan fingerprint density at radius 1 is 1.13 bits per heavy atom. The lowest BCUT2D eigenvalue weighted by molar-refractivity contribution is -0.0804. The van der Waals surface area contributed by atoms with E-state index in [1.54, 1.807) is 0 Å². The van der Waals surface area contributed by atoms with Crippen LogP contribution < -0.4 is 0 Å². The molecule has 0 aromatic rings. The van der Waals surface area contributed by atoms with E-state index in [-0.39, 0.29) is 13.0 Å². The van der Waals surface area contributed by atoms with Crippen molar-refractivity contribution < 1.29 is 39.3 Å². The molecule has 6 N–H and O–H groups in total. The highest BCUT2D eigenvalue weighted by molar-refractivity contribution is 7.46. The van der Waals surface area contributed by atoms with Crippen LogP contribution in [-0.2, 0) is 9.09 Å². The molecule has 8 nitrogen and oxygen atoms in total. The molecule has 0 heterocycles. The van der Waals surface area contributed by atoms with E-state index in [0.29, 0.717) is 0 Å². The molecule has 0 radical (unpaired) electrons. The molecule has 92 valence electrons. The van der Waals surface area contributed by atoms with Crippen molar-refractivity contribution >= 4 is 7.82 Å². The molecule has 9 heteroatoms. The molecule has 0 aliphatic heterocycles. The molecule has 0 bridgehead atoms. The molecule has 3 atom stereocenters. The molecule has 0 aromatic heterocycles. The van der Waals surface area contributed by atoms with Gasteiger partial charge in [0.05, 0.1) is 12.7 Å². The van der Waals surface area contributed by atoms with Crippen LogP contribution in [0.5, 0.6) is 0 Å². The van der Waals surface area contributed by atoms with Gasteiger partial charge in [-0.1, -0.05) is 0 Å². The first-order valence-electron chi connectivity index (χ1n) is 4.13. The molecule has 15 heavy (non-hydrogen) atoms. The summed E-state index contributed by atoms with van der Waals surface area (Å²) < 4.78 is 14.2. The van der Waals surface area contributed by atoms with Crippen LogP contribution >= 0.6 is 7.82 Å². The lowest BCUT2D eigenvalue weighted by Gasteiger charge is -2.22. The topological polar surface area (TPSA) is 148 Å². The van der Waals surface area contributed by atoms with Crippen molar-refractivity contribution in [2.75, 3.05) is 13.2 Å². The largest absolute Gasteiger partial charge is 0.469 e. The second-order valence-corrected chi connectivity index (χ2v) is 4.16. The normalized spacial score (nSPS) is 18.5.